The molecule has 0 saturated carbocycles. The van der Waals surface area contributed by atoms with Crippen LogP contribution in [0.5, 0.6) is 0 Å². The Morgan fingerprint density at radius 1 is 1.00 bits per heavy atom. The summed E-state index contributed by atoms with van der Waals surface area (Å²) in [6.45, 7) is 0.0133. The van der Waals surface area contributed by atoms with Crippen molar-refractivity contribution in [2.24, 2.45) is 5.10 Å². The summed E-state index contributed by atoms with van der Waals surface area (Å²) in [5.41, 5.74) is 2.45. The van der Waals surface area contributed by atoms with Crippen LogP contribution in [0, 0.1) is 15.9 Å². The number of carbonyl (C=O) groups excluding carboxylic acids is 2. The largest absolute Gasteiger partial charge is 0.345 e. The van der Waals surface area contributed by atoms with E-state index in [-0.39, 0.29) is 41.3 Å². The van der Waals surface area contributed by atoms with Gasteiger partial charge >= 0.3 is 0 Å². The number of nitrogens with one attached hydrogen (secondary N) is 1. The van der Waals surface area contributed by atoms with Crippen molar-refractivity contribution in [3.8, 4) is 5.69 Å². The maximum Gasteiger partial charge on any atom is 0.269 e. The zero-order valence-electron chi connectivity index (χ0n) is 23.4. The second-order valence-corrected chi connectivity index (χ2v) is 11.8. The predicted molar refractivity (Wildman–Crippen MR) is 168 cm³/mol. The van der Waals surface area contributed by atoms with Crippen LogP contribution in [0.4, 0.5) is 10.1 Å². The highest BCUT2D eigenvalue weighted by Gasteiger charge is 2.33. The lowest BCUT2D eigenvalue weighted by Gasteiger charge is -2.22. The zero-order chi connectivity index (χ0) is 31.3. The van der Waals surface area contributed by atoms with Gasteiger partial charge in [0.25, 0.3) is 17.5 Å². The number of para-hydroxylation sites is 1. The maximum absolute atomic E-state index is 13.7. The Labute approximate surface area is 264 Å². The molecule has 3 aromatic carbocycles. The predicted octanol–water partition coefficient (Wildman–Crippen LogP) is 5.78. The molecule has 1 N–H and O–H groups in total. The fraction of sp³-hybridized carbons (Fsp3) is 0.129. The molecule has 0 fully saturated rings. The Morgan fingerprint density at radius 2 is 1.76 bits per heavy atom. The third-order valence-electron chi connectivity index (χ3n) is 7.01. The van der Waals surface area contributed by atoms with Crippen molar-refractivity contribution in [3.63, 3.8) is 0 Å². The first-order chi connectivity index (χ1) is 21.9. The van der Waals surface area contributed by atoms with E-state index in [0.717, 1.165) is 21.8 Å². The number of benzene rings is 3. The first-order valence-electron chi connectivity index (χ1n) is 13.7. The van der Waals surface area contributed by atoms with Crippen molar-refractivity contribution in [1.29, 1.82) is 0 Å². The topological polar surface area (TPSA) is 136 Å². The van der Waals surface area contributed by atoms with Gasteiger partial charge in [-0.3, -0.25) is 24.3 Å². The summed E-state index contributed by atoms with van der Waals surface area (Å²) in [4.78, 5) is 37.8. The number of hydrazone groups is 1. The average Bonchev–Trinajstić information content (AvgIpc) is 3.84. The molecule has 14 heteroatoms. The Morgan fingerprint density at radius 3 is 2.44 bits per heavy atom. The number of nitrogens with zero attached hydrogens (tertiary/aromatic N) is 6. The highest BCUT2D eigenvalue weighted by molar-refractivity contribution is 7.99. The quantitative estimate of drug-likeness (QED) is 0.116. The van der Waals surface area contributed by atoms with Crippen molar-refractivity contribution in [1.82, 2.24) is 25.1 Å². The van der Waals surface area contributed by atoms with Crippen LogP contribution in [0.1, 0.15) is 39.1 Å². The molecule has 1 aliphatic heterocycles. The van der Waals surface area contributed by atoms with E-state index in [4.69, 9.17) is 0 Å². The SMILES string of the molecule is O=C(NCc1nnc(SCC(=O)N2N=C(c3cccs3)CC2c2ccc(F)cc2)n1-c1ccccc1)c1ccc([N+](=O)[O-])cc1. The molecule has 1 aliphatic rings. The second-order valence-electron chi connectivity index (χ2n) is 9.88. The number of thioether (sulfide) groups is 1. The molecule has 5 aromatic rings. The maximum atomic E-state index is 13.7. The van der Waals surface area contributed by atoms with Crippen LogP contribution in [0.25, 0.3) is 5.69 Å². The number of halogens is 1. The first kappa shape index (κ1) is 29.8. The molecule has 3 heterocycles. The average molecular weight is 642 g/mol. The van der Waals surface area contributed by atoms with E-state index >= 15 is 0 Å². The number of amides is 2. The van der Waals surface area contributed by atoms with E-state index in [1.54, 1.807) is 28.0 Å². The number of nitro benzene ring substituents is 1. The second kappa shape index (κ2) is 13.2. The molecule has 2 aromatic heterocycles. The van der Waals surface area contributed by atoms with Crippen LogP contribution in [-0.4, -0.2) is 48.0 Å². The van der Waals surface area contributed by atoms with E-state index in [0.29, 0.717) is 17.4 Å². The van der Waals surface area contributed by atoms with E-state index in [9.17, 15) is 24.1 Å². The minimum Gasteiger partial charge on any atom is -0.345 e. The minimum absolute atomic E-state index is 0.000956. The number of aromatic nitrogens is 3. The van der Waals surface area contributed by atoms with Crippen molar-refractivity contribution in [2.75, 3.05) is 5.75 Å². The summed E-state index contributed by atoms with van der Waals surface area (Å²) in [6, 6.07) is 24.2. The zero-order valence-corrected chi connectivity index (χ0v) is 25.1. The third-order valence-corrected chi connectivity index (χ3v) is 8.85. The van der Waals surface area contributed by atoms with E-state index < -0.39 is 10.8 Å². The molecule has 1 atom stereocenters. The molecule has 1 unspecified atom stereocenters. The number of non-ortho nitro benzene ring substituents is 1. The van der Waals surface area contributed by atoms with Crippen LogP contribution < -0.4 is 5.32 Å². The Bertz CT molecular complexity index is 1860. The fourth-order valence-electron chi connectivity index (χ4n) is 4.81. The van der Waals surface area contributed by atoms with Crippen molar-refractivity contribution >= 4 is 46.3 Å². The highest BCUT2D eigenvalue weighted by Crippen LogP contribution is 2.35. The number of nitro groups is 1. The number of hydrogen-bond donors (Lipinski definition) is 1. The number of carbonyl (C=O) groups is 2. The van der Waals surface area contributed by atoms with Crippen molar-refractivity contribution < 1.29 is 18.9 Å². The van der Waals surface area contributed by atoms with Gasteiger partial charge in [-0.05, 0) is 53.4 Å². The third kappa shape index (κ3) is 6.66. The van der Waals surface area contributed by atoms with Gasteiger partial charge in [-0.25, -0.2) is 9.40 Å². The smallest absolute Gasteiger partial charge is 0.269 e. The summed E-state index contributed by atoms with van der Waals surface area (Å²) < 4.78 is 15.4. The lowest BCUT2D eigenvalue weighted by molar-refractivity contribution is -0.384. The summed E-state index contributed by atoms with van der Waals surface area (Å²) in [6.07, 6.45) is 0.501. The normalized spacial score (nSPS) is 14.3. The van der Waals surface area contributed by atoms with Crippen LogP contribution in [-0.2, 0) is 11.3 Å². The summed E-state index contributed by atoms with van der Waals surface area (Å²) >= 11 is 2.73. The first-order valence-corrected chi connectivity index (χ1v) is 15.6. The van der Waals surface area contributed by atoms with Crippen molar-refractivity contribution in [3.05, 3.63) is 134 Å². The Hall–Kier alpha value is -5.21. The fourth-order valence-corrected chi connectivity index (χ4v) is 6.35. The van der Waals surface area contributed by atoms with E-state index in [1.165, 1.54) is 53.2 Å². The van der Waals surface area contributed by atoms with Crippen LogP contribution in [0.2, 0.25) is 0 Å². The highest BCUT2D eigenvalue weighted by atomic mass is 32.2. The van der Waals surface area contributed by atoms with Gasteiger partial charge in [0, 0.05) is 29.8 Å². The van der Waals surface area contributed by atoms with Gasteiger partial charge in [0.15, 0.2) is 11.0 Å². The molecule has 45 heavy (non-hydrogen) atoms. The molecule has 0 saturated heterocycles. The molecule has 11 nitrogen and oxygen atoms in total. The molecule has 226 valence electrons. The standard InChI is InChI=1S/C31H24FN7O4S2/c32-22-12-8-20(9-13-22)26-17-25(27-7-4-16-44-27)36-38(26)29(40)19-45-31-35-34-28(37(31)23-5-2-1-3-6-23)18-33-30(41)21-10-14-24(15-11-21)39(42)43/h1-16,26H,17-19H2,(H,33,41). The van der Waals surface area contributed by atoms with E-state index in [1.807, 2.05) is 47.8 Å². The Balaban J connectivity index is 1.20. The summed E-state index contributed by atoms with van der Waals surface area (Å²) in [5, 5.41) is 30.9. The summed E-state index contributed by atoms with van der Waals surface area (Å²) in [7, 11) is 0. The van der Waals surface area contributed by atoms with Gasteiger partial charge in [0.1, 0.15) is 5.82 Å². The summed E-state index contributed by atoms with van der Waals surface area (Å²) in [5.74, 6) is -0.619. The number of rotatable bonds is 10. The Kier molecular flexibility index (Phi) is 8.75. The lowest BCUT2D eigenvalue weighted by atomic mass is 10.0. The number of hydrogen-bond acceptors (Lipinski definition) is 9. The molecule has 0 aliphatic carbocycles. The molecule has 2 amide bonds. The van der Waals surface area contributed by atoms with Gasteiger partial charge < -0.3 is 5.32 Å². The van der Waals surface area contributed by atoms with Gasteiger partial charge in [-0.1, -0.05) is 48.2 Å². The van der Waals surface area contributed by atoms with Gasteiger partial charge in [0.2, 0.25) is 0 Å². The van der Waals surface area contributed by atoms with Gasteiger partial charge in [-0.15, -0.1) is 21.5 Å². The van der Waals surface area contributed by atoms with Crippen LogP contribution in [0.3, 0.4) is 0 Å². The van der Waals surface area contributed by atoms with Gasteiger partial charge in [0.05, 0.1) is 33.9 Å². The minimum atomic E-state index is -0.532. The molecule has 6 rings (SSSR count). The molecule has 0 spiro atoms. The molecule has 0 radical (unpaired) electrons. The number of thiophene rings is 1. The molecule has 0 bridgehead atoms. The van der Waals surface area contributed by atoms with Crippen LogP contribution >= 0.6 is 23.1 Å². The van der Waals surface area contributed by atoms with E-state index in [2.05, 4.69) is 20.6 Å². The van der Waals surface area contributed by atoms with Crippen molar-refractivity contribution in [2.45, 2.75) is 24.2 Å². The van der Waals surface area contributed by atoms with Gasteiger partial charge in [-0.2, -0.15) is 5.10 Å². The monoisotopic (exact) mass is 641 g/mol. The molecular weight excluding hydrogens is 618 g/mol. The lowest BCUT2D eigenvalue weighted by Crippen LogP contribution is -2.28. The van der Waals surface area contributed by atoms with Crippen LogP contribution in [0.15, 0.2) is 107 Å². The molecular formula is C31H24FN7O4S2.